The third-order valence-corrected chi connectivity index (χ3v) is 5.11. The molecule has 0 saturated carbocycles. The molecule has 1 aliphatic heterocycles. The van der Waals surface area contributed by atoms with Crippen molar-refractivity contribution in [2.45, 2.75) is 52.6 Å². The first-order valence-electron chi connectivity index (χ1n) is 7.29. The average molecular weight is 253 g/mol. The highest BCUT2D eigenvalue weighted by Crippen LogP contribution is 2.38. The molecular weight excluding hydrogens is 222 g/mol. The lowest BCUT2D eigenvalue weighted by molar-refractivity contribution is 0.224. The lowest BCUT2D eigenvalue weighted by Gasteiger charge is -2.36. The topological polar surface area (TPSA) is 50.4 Å². The number of nitrogens with one attached hydrogen (secondary N) is 1. The van der Waals surface area contributed by atoms with Crippen LogP contribution in [0.25, 0.3) is 0 Å². The molecule has 0 spiro atoms. The van der Waals surface area contributed by atoms with Gasteiger partial charge in [-0.1, -0.05) is 20.8 Å². The summed E-state index contributed by atoms with van der Waals surface area (Å²) in [4.78, 5) is 4.29. The van der Waals surface area contributed by atoms with Gasteiger partial charge in [-0.05, 0) is 44.6 Å². The van der Waals surface area contributed by atoms with E-state index < -0.39 is 0 Å². The van der Waals surface area contributed by atoms with E-state index in [1.54, 1.807) is 0 Å². The molecule has 1 aliphatic rings. The van der Waals surface area contributed by atoms with E-state index in [1.807, 2.05) is 7.05 Å². The summed E-state index contributed by atoms with van der Waals surface area (Å²) in [5.74, 6) is 2.17. The Morgan fingerprint density at radius 3 is 2.39 bits per heavy atom. The Kier molecular flexibility index (Phi) is 5.35. The third kappa shape index (κ3) is 2.94. The van der Waals surface area contributed by atoms with E-state index in [9.17, 15) is 0 Å². The van der Waals surface area contributed by atoms with E-state index in [-0.39, 0.29) is 5.54 Å². The Morgan fingerprint density at radius 2 is 1.94 bits per heavy atom. The quantitative estimate of drug-likeness (QED) is 0.758. The van der Waals surface area contributed by atoms with Crippen LogP contribution >= 0.6 is 0 Å². The lowest BCUT2D eigenvalue weighted by Crippen LogP contribution is -2.51. The Bertz CT molecular complexity index is 285. The predicted octanol–water partition coefficient (Wildman–Crippen LogP) is 2.31. The van der Waals surface area contributed by atoms with Gasteiger partial charge in [-0.2, -0.15) is 0 Å². The Balaban J connectivity index is 3.13. The van der Waals surface area contributed by atoms with Gasteiger partial charge in [0.1, 0.15) is 0 Å². The van der Waals surface area contributed by atoms with Crippen LogP contribution in [0.15, 0.2) is 4.99 Å². The van der Waals surface area contributed by atoms with Gasteiger partial charge in [-0.15, -0.1) is 0 Å². The fourth-order valence-corrected chi connectivity index (χ4v) is 3.53. The van der Waals surface area contributed by atoms with Gasteiger partial charge < -0.3 is 16.0 Å². The smallest absolute Gasteiger partial charge is 0.0273 e. The SMILES string of the molecule is CC[C@@H]1NC(C)(C)C(C)[C@@H](C=NC)[C@@H](C)C1CN. The molecular formula is C15H31N3. The van der Waals surface area contributed by atoms with Gasteiger partial charge in [0.15, 0.2) is 0 Å². The van der Waals surface area contributed by atoms with Crippen molar-refractivity contribution in [3.8, 4) is 0 Å². The zero-order chi connectivity index (χ0) is 13.9. The molecule has 0 aliphatic carbocycles. The molecule has 1 rings (SSSR count). The molecule has 3 nitrogen and oxygen atoms in total. The van der Waals surface area contributed by atoms with Crippen LogP contribution in [0.5, 0.6) is 0 Å². The summed E-state index contributed by atoms with van der Waals surface area (Å²) < 4.78 is 0. The van der Waals surface area contributed by atoms with E-state index in [0.29, 0.717) is 29.7 Å². The number of hydrogen-bond donors (Lipinski definition) is 2. The molecule has 3 heteroatoms. The van der Waals surface area contributed by atoms with E-state index >= 15 is 0 Å². The van der Waals surface area contributed by atoms with Crippen molar-refractivity contribution in [3.05, 3.63) is 0 Å². The van der Waals surface area contributed by atoms with Crippen LogP contribution in [0.3, 0.4) is 0 Å². The lowest BCUT2D eigenvalue weighted by atomic mass is 9.72. The standard InChI is InChI=1S/C15H31N3/c1-7-14-12(8-16)10(2)13(9-17-6)11(3)15(4,5)18-14/h9-14,18H,7-8,16H2,1-6H3/t10-,11?,12?,13-,14-/m0/s1. The summed E-state index contributed by atoms with van der Waals surface area (Å²) in [5, 5.41) is 3.83. The maximum absolute atomic E-state index is 6.04. The number of nitrogens with two attached hydrogens (primary N) is 1. The van der Waals surface area contributed by atoms with Gasteiger partial charge in [-0.3, -0.25) is 0 Å². The molecule has 18 heavy (non-hydrogen) atoms. The van der Waals surface area contributed by atoms with E-state index in [2.05, 4.69) is 51.1 Å². The molecule has 3 N–H and O–H groups in total. The monoisotopic (exact) mass is 253 g/mol. The van der Waals surface area contributed by atoms with Crippen LogP contribution in [0.1, 0.15) is 41.0 Å². The van der Waals surface area contributed by atoms with Gasteiger partial charge in [-0.25, -0.2) is 0 Å². The van der Waals surface area contributed by atoms with Gasteiger partial charge >= 0.3 is 0 Å². The van der Waals surface area contributed by atoms with Gasteiger partial charge in [0, 0.05) is 30.8 Å². The zero-order valence-electron chi connectivity index (χ0n) is 12.9. The normalized spacial score (nSPS) is 40.9. The number of hydrogen-bond acceptors (Lipinski definition) is 3. The fourth-order valence-electron chi connectivity index (χ4n) is 3.53. The molecule has 0 radical (unpaired) electrons. The van der Waals surface area contributed by atoms with Crippen molar-refractivity contribution in [2.75, 3.05) is 13.6 Å². The summed E-state index contributed by atoms with van der Waals surface area (Å²) in [7, 11) is 1.87. The average Bonchev–Trinajstić information content (AvgIpc) is 2.39. The van der Waals surface area contributed by atoms with Crippen molar-refractivity contribution < 1.29 is 0 Å². The predicted molar refractivity (Wildman–Crippen MR) is 80.1 cm³/mol. The number of rotatable bonds is 3. The largest absolute Gasteiger partial charge is 0.330 e. The summed E-state index contributed by atoms with van der Waals surface area (Å²) in [6, 6.07) is 0.512. The van der Waals surface area contributed by atoms with Crippen LogP contribution in [-0.2, 0) is 0 Å². The number of aliphatic imine (C=N–C) groups is 1. The summed E-state index contributed by atoms with van der Waals surface area (Å²) in [6.45, 7) is 12.3. The highest BCUT2D eigenvalue weighted by Gasteiger charge is 2.43. The maximum Gasteiger partial charge on any atom is 0.0273 e. The molecule has 0 amide bonds. The minimum atomic E-state index is 0.130. The van der Waals surface area contributed by atoms with E-state index in [1.165, 1.54) is 0 Å². The van der Waals surface area contributed by atoms with Crippen LogP contribution in [0.4, 0.5) is 0 Å². The van der Waals surface area contributed by atoms with Crippen molar-refractivity contribution in [2.24, 2.45) is 34.4 Å². The highest BCUT2D eigenvalue weighted by atomic mass is 15.0. The molecule has 1 fully saturated rings. The minimum absolute atomic E-state index is 0.130. The van der Waals surface area contributed by atoms with Crippen LogP contribution in [-0.4, -0.2) is 31.4 Å². The van der Waals surface area contributed by atoms with Crippen molar-refractivity contribution in [3.63, 3.8) is 0 Å². The molecule has 0 aromatic rings. The first-order chi connectivity index (χ1) is 8.38. The zero-order valence-corrected chi connectivity index (χ0v) is 12.9. The molecule has 1 heterocycles. The maximum atomic E-state index is 6.04. The minimum Gasteiger partial charge on any atom is -0.330 e. The second-order valence-corrected chi connectivity index (χ2v) is 6.41. The van der Waals surface area contributed by atoms with Crippen LogP contribution in [0.2, 0.25) is 0 Å². The van der Waals surface area contributed by atoms with E-state index in [0.717, 1.165) is 13.0 Å². The van der Waals surface area contributed by atoms with Gasteiger partial charge in [0.25, 0.3) is 0 Å². The van der Waals surface area contributed by atoms with E-state index in [4.69, 9.17) is 5.73 Å². The fraction of sp³-hybridized carbons (Fsp3) is 0.933. The molecule has 0 aromatic heterocycles. The number of nitrogens with zero attached hydrogens (tertiary/aromatic N) is 1. The second kappa shape index (κ2) is 6.16. The molecule has 106 valence electrons. The molecule has 2 unspecified atom stereocenters. The first kappa shape index (κ1) is 15.6. The van der Waals surface area contributed by atoms with Crippen molar-refractivity contribution in [1.82, 2.24) is 5.32 Å². The molecule has 0 aromatic carbocycles. The third-order valence-electron chi connectivity index (χ3n) is 5.11. The van der Waals surface area contributed by atoms with Crippen molar-refractivity contribution >= 4 is 6.21 Å². The van der Waals surface area contributed by atoms with Crippen LogP contribution in [0, 0.1) is 23.7 Å². The van der Waals surface area contributed by atoms with Gasteiger partial charge in [0.2, 0.25) is 0 Å². The molecule has 1 saturated heterocycles. The van der Waals surface area contributed by atoms with Gasteiger partial charge in [0.05, 0.1) is 0 Å². The molecule has 5 atom stereocenters. The summed E-state index contributed by atoms with van der Waals surface area (Å²) in [6.07, 6.45) is 3.28. The summed E-state index contributed by atoms with van der Waals surface area (Å²) >= 11 is 0. The summed E-state index contributed by atoms with van der Waals surface area (Å²) in [5.41, 5.74) is 6.17. The Morgan fingerprint density at radius 1 is 1.33 bits per heavy atom. The van der Waals surface area contributed by atoms with Crippen molar-refractivity contribution in [1.29, 1.82) is 0 Å². The Hall–Kier alpha value is -0.410. The van der Waals surface area contributed by atoms with Crippen LogP contribution < -0.4 is 11.1 Å². The molecule has 0 bridgehead atoms. The highest BCUT2D eigenvalue weighted by molar-refractivity contribution is 5.62. The second-order valence-electron chi connectivity index (χ2n) is 6.41. The first-order valence-corrected chi connectivity index (χ1v) is 7.29. The Labute approximate surface area is 113 Å².